The SMILES string of the molecule is CC(=O)O.CCC=C(O)O. The molecule has 4 heteroatoms. The zero-order valence-corrected chi connectivity index (χ0v) is 6.03. The first kappa shape index (κ1) is 11.6. The van der Waals surface area contributed by atoms with Crippen LogP contribution in [0.4, 0.5) is 0 Å². The normalized spacial score (nSPS) is 7.00. The van der Waals surface area contributed by atoms with Crippen molar-refractivity contribution >= 4 is 5.97 Å². The molecule has 0 spiro atoms. The van der Waals surface area contributed by atoms with Crippen molar-refractivity contribution in [1.29, 1.82) is 0 Å². The van der Waals surface area contributed by atoms with Crippen LogP contribution >= 0.6 is 0 Å². The highest BCUT2D eigenvalue weighted by Gasteiger charge is 1.73. The van der Waals surface area contributed by atoms with Gasteiger partial charge in [-0.15, -0.1) is 0 Å². The summed E-state index contributed by atoms with van der Waals surface area (Å²) in [7, 11) is 0. The molecule has 0 aromatic rings. The van der Waals surface area contributed by atoms with Crippen molar-refractivity contribution in [2.75, 3.05) is 0 Å². The van der Waals surface area contributed by atoms with Gasteiger partial charge in [-0.1, -0.05) is 6.92 Å². The second-order valence-electron chi connectivity index (χ2n) is 1.49. The summed E-state index contributed by atoms with van der Waals surface area (Å²) in [6, 6.07) is 0. The van der Waals surface area contributed by atoms with Crippen molar-refractivity contribution in [3.63, 3.8) is 0 Å². The van der Waals surface area contributed by atoms with Gasteiger partial charge in [0, 0.05) is 6.92 Å². The van der Waals surface area contributed by atoms with E-state index in [9.17, 15) is 0 Å². The average molecular weight is 148 g/mol. The number of carboxylic acid groups (broad SMARTS) is 1. The van der Waals surface area contributed by atoms with Crippen molar-refractivity contribution in [3.05, 3.63) is 12.0 Å². The lowest BCUT2D eigenvalue weighted by atomic mass is 10.5. The molecule has 0 aliphatic carbocycles. The summed E-state index contributed by atoms with van der Waals surface area (Å²) in [5.74, 6) is -1.42. The molecular weight excluding hydrogens is 136 g/mol. The van der Waals surface area contributed by atoms with E-state index >= 15 is 0 Å². The Bertz CT molecular complexity index is 109. The first-order chi connectivity index (χ1) is 4.50. The topological polar surface area (TPSA) is 77.8 Å². The number of aliphatic carboxylic acids is 1. The van der Waals surface area contributed by atoms with Crippen LogP contribution in [0.5, 0.6) is 0 Å². The summed E-state index contributed by atoms with van der Waals surface area (Å²) in [4.78, 5) is 9.00. The van der Waals surface area contributed by atoms with Crippen LogP contribution in [0.3, 0.4) is 0 Å². The average Bonchev–Trinajstić information content (AvgIpc) is 1.62. The fourth-order valence-electron chi connectivity index (χ4n) is 0.183. The third-order valence-electron chi connectivity index (χ3n) is 0.387. The Morgan fingerprint density at radius 2 is 1.70 bits per heavy atom. The minimum atomic E-state index is -0.833. The minimum Gasteiger partial charge on any atom is -0.481 e. The Morgan fingerprint density at radius 1 is 1.40 bits per heavy atom. The molecule has 10 heavy (non-hydrogen) atoms. The number of carbonyl (C=O) groups is 1. The summed E-state index contributed by atoms with van der Waals surface area (Å²) in [5.41, 5.74) is 0. The van der Waals surface area contributed by atoms with Gasteiger partial charge < -0.3 is 15.3 Å². The number of aliphatic hydroxyl groups excluding tert-OH is 1. The molecule has 4 nitrogen and oxygen atoms in total. The van der Waals surface area contributed by atoms with E-state index in [2.05, 4.69) is 0 Å². The van der Waals surface area contributed by atoms with Crippen LogP contribution in [0.2, 0.25) is 0 Å². The summed E-state index contributed by atoms with van der Waals surface area (Å²) in [6.07, 6.45) is 1.99. The predicted molar refractivity (Wildman–Crippen MR) is 36.9 cm³/mol. The van der Waals surface area contributed by atoms with E-state index in [4.69, 9.17) is 20.1 Å². The predicted octanol–water partition coefficient (Wildman–Crippen LogP) is 1.44. The van der Waals surface area contributed by atoms with E-state index in [0.29, 0.717) is 6.42 Å². The fraction of sp³-hybridized carbons (Fsp3) is 0.500. The monoisotopic (exact) mass is 148 g/mol. The Morgan fingerprint density at radius 3 is 1.70 bits per heavy atom. The molecule has 0 aromatic heterocycles. The Labute approximate surface area is 59.4 Å². The minimum absolute atomic E-state index is 0.586. The van der Waals surface area contributed by atoms with Gasteiger partial charge in [-0.2, -0.15) is 0 Å². The van der Waals surface area contributed by atoms with Crippen molar-refractivity contribution in [3.8, 4) is 0 Å². The van der Waals surface area contributed by atoms with Gasteiger partial charge in [-0.3, -0.25) is 4.79 Å². The quantitative estimate of drug-likeness (QED) is 0.492. The Balaban J connectivity index is 0. The number of carboxylic acids is 1. The van der Waals surface area contributed by atoms with Crippen LogP contribution in [0.15, 0.2) is 12.0 Å². The van der Waals surface area contributed by atoms with Crippen LogP contribution in [-0.4, -0.2) is 21.3 Å². The second kappa shape index (κ2) is 7.81. The first-order valence-corrected chi connectivity index (χ1v) is 2.78. The standard InChI is InChI=1S/C4H8O2.C2H4O2/c1-2-3-4(5)6;1-2(3)4/h3,5-6H,2H2,1H3;1H3,(H,3,4). The lowest BCUT2D eigenvalue weighted by Crippen LogP contribution is -1.78. The van der Waals surface area contributed by atoms with Crippen LogP contribution in [0, 0.1) is 0 Å². The van der Waals surface area contributed by atoms with Crippen molar-refractivity contribution in [2.45, 2.75) is 20.3 Å². The molecule has 0 rings (SSSR count). The number of hydrogen-bond acceptors (Lipinski definition) is 3. The fourth-order valence-corrected chi connectivity index (χ4v) is 0.183. The molecule has 0 saturated carbocycles. The highest BCUT2D eigenvalue weighted by molar-refractivity contribution is 5.62. The van der Waals surface area contributed by atoms with E-state index in [-0.39, 0.29) is 0 Å². The highest BCUT2D eigenvalue weighted by atomic mass is 16.5. The van der Waals surface area contributed by atoms with E-state index in [1.165, 1.54) is 6.08 Å². The van der Waals surface area contributed by atoms with Gasteiger partial charge >= 0.3 is 0 Å². The maximum atomic E-state index is 9.00. The van der Waals surface area contributed by atoms with E-state index in [1.807, 2.05) is 6.92 Å². The maximum absolute atomic E-state index is 9.00. The van der Waals surface area contributed by atoms with Gasteiger partial charge in [0.1, 0.15) is 0 Å². The number of hydrogen-bond donors (Lipinski definition) is 3. The molecule has 0 radical (unpaired) electrons. The van der Waals surface area contributed by atoms with Gasteiger partial charge in [0.25, 0.3) is 11.9 Å². The van der Waals surface area contributed by atoms with Crippen LogP contribution in [0.25, 0.3) is 0 Å². The number of allylic oxidation sites excluding steroid dienone is 1. The van der Waals surface area contributed by atoms with E-state index in [0.717, 1.165) is 6.92 Å². The van der Waals surface area contributed by atoms with Crippen molar-refractivity contribution in [2.24, 2.45) is 0 Å². The molecule has 0 aliphatic rings. The summed E-state index contributed by atoms with van der Waals surface area (Å²) >= 11 is 0. The van der Waals surface area contributed by atoms with E-state index < -0.39 is 11.9 Å². The van der Waals surface area contributed by atoms with Gasteiger partial charge in [-0.05, 0) is 12.5 Å². The summed E-state index contributed by atoms with van der Waals surface area (Å²) in [5, 5.41) is 23.4. The first-order valence-electron chi connectivity index (χ1n) is 2.78. The lowest BCUT2D eigenvalue weighted by molar-refractivity contribution is -0.134. The van der Waals surface area contributed by atoms with Crippen molar-refractivity contribution in [1.82, 2.24) is 0 Å². The smallest absolute Gasteiger partial charge is 0.300 e. The molecule has 0 aromatic carbocycles. The molecule has 0 saturated heterocycles. The summed E-state index contributed by atoms with van der Waals surface area (Å²) < 4.78 is 0. The molecule has 60 valence electrons. The molecular formula is C6H12O4. The van der Waals surface area contributed by atoms with E-state index in [1.54, 1.807) is 0 Å². The summed E-state index contributed by atoms with van der Waals surface area (Å²) in [6.45, 7) is 2.91. The van der Waals surface area contributed by atoms with Gasteiger partial charge in [0.05, 0.1) is 0 Å². The zero-order valence-electron chi connectivity index (χ0n) is 6.03. The maximum Gasteiger partial charge on any atom is 0.300 e. The third kappa shape index (κ3) is 70.2. The third-order valence-corrected chi connectivity index (χ3v) is 0.387. The second-order valence-corrected chi connectivity index (χ2v) is 1.49. The highest BCUT2D eigenvalue weighted by Crippen LogP contribution is 1.81. The Kier molecular flexibility index (Phi) is 9.05. The molecule has 0 heterocycles. The Hall–Kier alpha value is -1.19. The molecule has 0 fully saturated rings. The molecule has 0 amide bonds. The number of rotatable bonds is 1. The zero-order chi connectivity index (χ0) is 8.57. The van der Waals surface area contributed by atoms with Gasteiger partial charge in [-0.25, -0.2) is 0 Å². The largest absolute Gasteiger partial charge is 0.481 e. The van der Waals surface area contributed by atoms with Crippen LogP contribution in [-0.2, 0) is 4.79 Å². The van der Waals surface area contributed by atoms with Gasteiger partial charge in [0.2, 0.25) is 0 Å². The van der Waals surface area contributed by atoms with Gasteiger partial charge in [0.15, 0.2) is 0 Å². The molecule has 0 bridgehead atoms. The van der Waals surface area contributed by atoms with Crippen LogP contribution in [0.1, 0.15) is 20.3 Å². The molecule has 0 atom stereocenters. The molecule has 0 unspecified atom stereocenters. The molecule has 0 aliphatic heterocycles. The number of aliphatic hydroxyl groups is 2. The molecule has 3 N–H and O–H groups in total. The van der Waals surface area contributed by atoms with Crippen molar-refractivity contribution < 1.29 is 20.1 Å². The lowest BCUT2D eigenvalue weighted by Gasteiger charge is -1.79. The van der Waals surface area contributed by atoms with Crippen LogP contribution < -0.4 is 0 Å².